The molecule has 3 heterocycles. The smallest absolute Gasteiger partial charge is 0.250 e. The second-order valence-corrected chi connectivity index (χ2v) is 5.54. The molecule has 16 heavy (non-hydrogen) atoms. The average Bonchev–Trinajstić information content (AvgIpc) is 2.30. The topological polar surface area (TPSA) is 34.0 Å². The number of nitrogens with zero attached hydrogens (tertiary/aromatic N) is 1. The van der Waals surface area contributed by atoms with Crippen LogP contribution in [0.25, 0.3) is 0 Å². The number of pyridine rings is 1. The molecule has 3 nitrogen and oxygen atoms in total. The Morgan fingerprint density at radius 2 is 2.31 bits per heavy atom. The summed E-state index contributed by atoms with van der Waals surface area (Å²) in [5.41, 5.74) is 1.44. The van der Waals surface area contributed by atoms with Crippen LogP contribution in [0.2, 0.25) is 0 Å². The molecule has 3 aliphatic rings. The quantitative estimate of drug-likeness (QED) is 0.696. The molecule has 0 amide bonds. The lowest BCUT2D eigenvalue weighted by molar-refractivity contribution is -0.0618. The fourth-order valence-electron chi connectivity index (χ4n) is 4.32. The van der Waals surface area contributed by atoms with E-state index >= 15 is 0 Å². The Balaban J connectivity index is 1.91. The molecular formula is C13H16N2O. The van der Waals surface area contributed by atoms with Crippen molar-refractivity contribution < 1.29 is 0 Å². The third-order valence-corrected chi connectivity index (χ3v) is 5.02. The van der Waals surface area contributed by atoms with Gasteiger partial charge in [0.2, 0.25) is 0 Å². The van der Waals surface area contributed by atoms with Crippen molar-refractivity contribution in [2.75, 3.05) is 6.54 Å². The molecule has 2 fully saturated rings. The summed E-state index contributed by atoms with van der Waals surface area (Å²) in [4.78, 5) is 11.8. The van der Waals surface area contributed by atoms with Crippen molar-refractivity contribution in [1.29, 1.82) is 0 Å². The van der Waals surface area contributed by atoms with Gasteiger partial charge >= 0.3 is 0 Å². The van der Waals surface area contributed by atoms with E-state index < -0.39 is 0 Å². The monoisotopic (exact) mass is 216 g/mol. The number of piperidine rings is 2. The molecule has 5 atom stereocenters. The van der Waals surface area contributed by atoms with E-state index in [2.05, 4.69) is 18.3 Å². The molecular weight excluding hydrogens is 200 g/mol. The maximum absolute atomic E-state index is 11.8. The summed E-state index contributed by atoms with van der Waals surface area (Å²) in [5, 5.41) is 3.64. The molecule has 84 valence electrons. The molecule has 2 bridgehead atoms. The van der Waals surface area contributed by atoms with Crippen LogP contribution in [-0.4, -0.2) is 17.2 Å². The summed E-state index contributed by atoms with van der Waals surface area (Å²) in [7, 11) is 0. The predicted molar refractivity (Wildman–Crippen MR) is 61.4 cm³/mol. The Labute approximate surface area is 94.5 Å². The van der Waals surface area contributed by atoms with Crippen molar-refractivity contribution in [3.05, 3.63) is 34.2 Å². The van der Waals surface area contributed by atoms with Crippen LogP contribution in [0.15, 0.2) is 23.0 Å². The molecule has 1 aromatic rings. The number of hydrogen-bond acceptors (Lipinski definition) is 2. The molecule has 1 aromatic heterocycles. The number of hydrogen-bond donors (Lipinski definition) is 1. The van der Waals surface area contributed by atoms with E-state index in [0.29, 0.717) is 17.9 Å². The van der Waals surface area contributed by atoms with Gasteiger partial charge in [-0.3, -0.25) is 4.79 Å². The van der Waals surface area contributed by atoms with Gasteiger partial charge in [0.15, 0.2) is 0 Å². The highest BCUT2D eigenvalue weighted by Crippen LogP contribution is 2.54. The van der Waals surface area contributed by atoms with Crippen LogP contribution >= 0.6 is 0 Å². The zero-order chi connectivity index (χ0) is 10.9. The Kier molecular flexibility index (Phi) is 1.56. The Morgan fingerprint density at radius 3 is 3.12 bits per heavy atom. The Morgan fingerprint density at radius 1 is 1.44 bits per heavy atom. The lowest BCUT2D eigenvalue weighted by atomic mass is 9.52. The molecule has 1 N–H and O–H groups in total. The third-order valence-electron chi connectivity index (χ3n) is 5.02. The van der Waals surface area contributed by atoms with Gasteiger partial charge in [-0.2, -0.15) is 0 Å². The number of nitrogens with one attached hydrogen (secondary N) is 1. The molecule has 2 unspecified atom stereocenters. The summed E-state index contributed by atoms with van der Waals surface area (Å²) in [5.74, 6) is 2.86. The zero-order valence-electron chi connectivity index (χ0n) is 9.39. The van der Waals surface area contributed by atoms with Gasteiger partial charge in [-0.05, 0) is 23.8 Å². The van der Waals surface area contributed by atoms with Crippen molar-refractivity contribution >= 4 is 0 Å². The summed E-state index contributed by atoms with van der Waals surface area (Å²) >= 11 is 0. The van der Waals surface area contributed by atoms with Crippen LogP contribution in [-0.2, 0) is 6.54 Å². The lowest BCUT2D eigenvalue weighted by Gasteiger charge is -2.62. The highest BCUT2D eigenvalue weighted by atomic mass is 16.1. The minimum absolute atomic E-state index is 0.182. The second kappa shape index (κ2) is 2.77. The fraction of sp³-hybridized carbons (Fsp3) is 0.615. The van der Waals surface area contributed by atoms with Crippen molar-refractivity contribution in [3.63, 3.8) is 0 Å². The number of aromatic nitrogens is 1. The van der Waals surface area contributed by atoms with E-state index in [4.69, 9.17) is 0 Å². The van der Waals surface area contributed by atoms with Crippen LogP contribution < -0.4 is 10.9 Å². The van der Waals surface area contributed by atoms with E-state index in [1.165, 1.54) is 5.69 Å². The first-order valence-corrected chi connectivity index (χ1v) is 6.20. The van der Waals surface area contributed by atoms with Crippen LogP contribution in [0.5, 0.6) is 0 Å². The molecule has 1 saturated heterocycles. The first-order chi connectivity index (χ1) is 7.77. The molecule has 1 aliphatic carbocycles. The van der Waals surface area contributed by atoms with E-state index in [-0.39, 0.29) is 5.56 Å². The van der Waals surface area contributed by atoms with Crippen LogP contribution in [0.4, 0.5) is 0 Å². The summed E-state index contributed by atoms with van der Waals surface area (Å²) in [6.07, 6.45) is 0. The van der Waals surface area contributed by atoms with Crippen LogP contribution in [0.3, 0.4) is 0 Å². The lowest BCUT2D eigenvalue weighted by Crippen LogP contribution is -2.69. The van der Waals surface area contributed by atoms with E-state index in [0.717, 1.165) is 24.9 Å². The second-order valence-electron chi connectivity index (χ2n) is 5.54. The fourth-order valence-corrected chi connectivity index (χ4v) is 4.32. The molecule has 3 heteroatoms. The minimum atomic E-state index is 0.182. The van der Waals surface area contributed by atoms with Gasteiger partial charge in [0.05, 0.1) is 0 Å². The SMILES string of the molecule is CC1C2NC[C@@H]3c4cccc(=O)n4C[C@H]2[C@H]13. The maximum atomic E-state index is 11.8. The maximum Gasteiger partial charge on any atom is 0.250 e. The minimum Gasteiger partial charge on any atom is -0.313 e. The average molecular weight is 216 g/mol. The van der Waals surface area contributed by atoms with Crippen LogP contribution in [0, 0.1) is 17.8 Å². The van der Waals surface area contributed by atoms with E-state index in [1.807, 2.05) is 10.6 Å². The largest absolute Gasteiger partial charge is 0.313 e. The van der Waals surface area contributed by atoms with Gasteiger partial charge < -0.3 is 9.88 Å². The number of rotatable bonds is 0. The van der Waals surface area contributed by atoms with E-state index in [1.54, 1.807) is 6.07 Å². The van der Waals surface area contributed by atoms with Crippen molar-refractivity contribution in [2.45, 2.75) is 25.4 Å². The standard InChI is InChI=1S/C13H16N2O/c1-7-12-8-5-14-13(7)9(12)6-15-10(8)3-2-4-11(15)16/h2-4,7-9,12-14H,5-6H2,1H3/t7?,8-,9+,12-,13?/m1/s1. The Bertz CT molecular complexity index is 507. The summed E-state index contributed by atoms with van der Waals surface area (Å²) in [6.45, 7) is 4.33. The Hall–Kier alpha value is -1.09. The molecule has 0 radical (unpaired) electrons. The highest BCUT2D eigenvalue weighted by Gasteiger charge is 2.57. The van der Waals surface area contributed by atoms with Gasteiger partial charge in [0, 0.05) is 36.8 Å². The third kappa shape index (κ3) is 0.869. The van der Waals surface area contributed by atoms with Gasteiger partial charge in [-0.25, -0.2) is 0 Å². The first kappa shape index (κ1) is 8.99. The molecule has 4 rings (SSSR count). The molecule has 1 saturated carbocycles. The van der Waals surface area contributed by atoms with Gasteiger partial charge in [-0.1, -0.05) is 13.0 Å². The van der Waals surface area contributed by atoms with Crippen molar-refractivity contribution in [2.24, 2.45) is 17.8 Å². The molecule has 0 spiro atoms. The summed E-state index contributed by atoms with van der Waals surface area (Å²) in [6, 6.07) is 6.38. The van der Waals surface area contributed by atoms with Crippen molar-refractivity contribution in [1.82, 2.24) is 9.88 Å². The van der Waals surface area contributed by atoms with Crippen molar-refractivity contribution in [3.8, 4) is 0 Å². The van der Waals surface area contributed by atoms with Gasteiger partial charge in [-0.15, -0.1) is 0 Å². The van der Waals surface area contributed by atoms with E-state index in [9.17, 15) is 4.79 Å². The van der Waals surface area contributed by atoms with Crippen LogP contribution in [0.1, 0.15) is 18.5 Å². The normalized spacial score (nSPS) is 43.4. The predicted octanol–water partition coefficient (Wildman–Crippen LogP) is 0.799. The van der Waals surface area contributed by atoms with Gasteiger partial charge in [0.25, 0.3) is 5.56 Å². The zero-order valence-corrected chi connectivity index (χ0v) is 9.39. The van der Waals surface area contributed by atoms with Gasteiger partial charge in [0.1, 0.15) is 0 Å². The first-order valence-electron chi connectivity index (χ1n) is 6.20. The molecule has 2 aliphatic heterocycles. The molecule has 0 aromatic carbocycles. The highest BCUT2D eigenvalue weighted by molar-refractivity contribution is 5.24. The number of fused-ring (bicyclic) bond motifs is 4. The summed E-state index contributed by atoms with van der Waals surface area (Å²) < 4.78 is 2.01.